The molecule has 0 saturated carbocycles. The molecule has 0 spiro atoms. The quantitative estimate of drug-likeness (QED) is 0.0931. The largest absolute Gasteiger partial charge is 0.508 e. The molecule has 2 heterocycles. The number of piperidine rings is 1. The van der Waals surface area contributed by atoms with Crippen molar-refractivity contribution in [3.05, 3.63) is 124 Å². The van der Waals surface area contributed by atoms with Gasteiger partial charge in [0.05, 0.1) is 5.56 Å². The van der Waals surface area contributed by atoms with E-state index in [1.807, 2.05) is 60.5 Å². The zero-order valence-electron chi connectivity index (χ0n) is 27.5. The Morgan fingerprint density at radius 1 is 0.940 bits per heavy atom. The zero-order valence-corrected chi connectivity index (χ0v) is 28.3. The molecule has 9 nitrogen and oxygen atoms in total. The van der Waals surface area contributed by atoms with Crippen LogP contribution in [0, 0.1) is 5.82 Å². The highest BCUT2D eigenvalue weighted by Gasteiger charge is 2.40. The Balaban J connectivity index is 1.11. The summed E-state index contributed by atoms with van der Waals surface area (Å²) in [5.74, 6) is -0.657. The number of likely N-dealkylation sites (N-methyl/N-ethyl adjacent to an activating group) is 1. The van der Waals surface area contributed by atoms with Crippen LogP contribution in [0.25, 0.3) is 11.1 Å². The molecule has 4 aromatic rings. The van der Waals surface area contributed by atoms with Crippen LogP contribution in [0.5, 0.6) is 17.2 Å². The number of carbonyl (C=O) groups is 3. The SMILES string of the molecule is CN(CCOc1ccc(C(=C(CCCl)c2ccc(O)cc2)c2ccc(O)cc2)cc1)Cc1cc(F)c2c(c1)CN(C1CCC(=O)NC1=O)C2=O. The van der Waals surface area contributed by atoms with Crippen LogP contribution >= 0.6 is 11.6 Å². The average molecular weight is 698 g/mol. The first-order valence-corrected chi connectivity index (χ1v) is 16.9. The number of amides is 3. The minimum absolute atomic E-state index is 0.0193. The molecule has 2 aliphatic heterocycles. The van der Waals surface area contributed by atoms with Crippen molar-refractivity contribution < 1.29 is 33.7 Å². The fraction of sp³-hybridized carbons (Fsp3) is 0.256. The number of hydrogen-bond acceptors (Lipinski definition) is 7. The monoisotopic (exact) mass is 697 g/mol. The molecule has 3 amide bonds. The molecular weight excluding hydrogens is 661 g/mol. The maximum absolute atomic E-state index is 15.2. The molecule has 50 heavy (non-hydrogen) atoms. The third kappa shape index (κ3) is 7.66. The van der Waals surface area contributed by atoms with E-state index in [4.69, 9.17) is 16.3 Å². The van der Waals surface area contributed by atoms with Crippen molar-refractivity contribution in [2.45, 2.75) is 38.4 Å². The van der Waals surface area contributed by atoms with Gasteiger partial charge in [0.2, 0.25) is 11.8 Å². The highest BCUT2D eigenvalue weighted by Crippen LogP contribution is 2.37. The number of imide groups is 1. The summed E-state index contributed by atoms with van der Waals surface area (Å²) >= 11 is 6.26. The lowest BCUT2D eigenvalue weighted by Gasteiger charge is -2.29. The second-order valence-corrected chi connectivity index (χ2v) is 12.9. The Hall–Kier alpha value is -5.19. The van der Waals surface area contributed by atoms with E-state index in [-0.39, 0.29) is 42.4 Å². The number of phenolic OH excluding ortho intramolecular Hbond substituents is 2. The number of phenols is 2. The molecule has 0 aliphatic carbocycles. The number of nitrogens with one attached hydrogen (secondary N) is 1. The molecule has 1 saturated heterocycles. The number of hydrogen-bond donors (Lipinski definition) is 3. The van der Waals surface area contributed by atoms with Crippen molar-refractivity contribution in [1.82, 2.24) is 15.1 Å². The predicted octanol–water partition coefficient (Wildman–Crippen LogP) is 6.10. The number of alkyl halides is 1. The van der Waals surface area contributed by atoms with Crippen LogP contribution in [0.15, 0.2) is 84.9 Å². The Labute approximate surface area is 294 Å². The Morgan fingerprint density at radius 2 is 1.56 bits per heavy atom. The van der Waals surface area contributed by atoms with Crippen LogP contribution < -0.4 is 10.1 Å². The van der Waals surface area contributed by atoms with Crippen molar-refractivity contribution in [2.75, 3.05) is 26.1 Å². The van der Waals surface area contributed by atoms with Crippen LogP contribution in [0.1, 0.15) is 57.4 Å². The molecule has 0 bridgehead atoms. The Bertz CT molecular complexity index is 1930. The summed E-state index contributed by atoms with van der Waals surface area (Å²) in [6.45, 7) is 1.44. The number of fused-ring (bicyclic) bond motifs is 1. The summed E-state index contributed by atoms with van der Waals surface area (Å²) < 4.78 is 21.2. The maximum Gasteiger partial charge on any atom is 0.258 e. The summed E-state index contributed by atoms with van der Waals surface area (Å²) in [7, 11) is 1.90. The van der Waals surface area contributed by atoms with Crippen LogP contribution in [-0.4, -0.2) is 69.9 Å². The van der Waals surface area contributed by atoms with Crippen molar-refractivity contribution >= 4 is 40.5 Å². The second kappa shape index (κ2) is 15.1. The normalized spacial score (nSPS) is 16.4. The molecule has 0 radical (unpaired) electrons. The third-order valence-corrected chi connectivity index (χ3v) is 9.18. The molecule has 1 fully saturated rings. The van der Waals surface area contributed by atoms with Crippen LogP contribution in [0.3, 0.4) is 0 Å². The van der Waals surface area contributed by atoms with E-state index in [1.54, 1.807) is 30.3 Å². The van der Waals surface area contributed by atoms with Gasteiger partial charge in [0.1, 0.15) is 35.7 Å². The number of nitrogens with zero attached hydrogens (tertiary/aromatic N) is 2. The summed E-state index contributed by atoms with van der Waals surface area (Å²) in [4.78, 5) is 40.3. The molecule has 11 heteroatoms. The molecular formula is C39H37ClFN3O6. The number of aromatic hydroxyl groups is 2. The molecule has 1 unspecified atom stereocenters. The molecule has 2 aliphatic rings. The van der Waals surface area contributed by atoms with Gasteiger partial charge in [-0.3, -0.25) is 24.6 Å². The summed E-state index contributed by atoms with van der Waals surface area (Å²) in [5, 5.41) is 22.1. The molecule has 4 aromatic carbocycles. The van der Waals surface area contributed by atoms with E-state index in [2.05, 4.69) is 5.32 Å². The first-order valence-electron chi connectivity index (χ1n) is 16.4. The van der Waals surface area contributed by atoms with Gasteiger partial charge in [0, 0.05) is 31.9 Å². The summed E-state index contributed by atoms with van der Waals surface area (Å²) in [6, 6.07) is 24.1. The Kier molecular flexibility index (Phi) is 10.5. The fourth-order valence-electron chi connectivity index (χ4n) is 6.55. The number of rotatable bonds is 12. The average Bonchev–Trinajstić information content (AvgIpc) is 3.42. The van der Waals surface area contributed by atoms with E-state index in [9.17, 15) is 24.6 Å². The highest BCUT2D eigenvalue weighted by molar-refractivity contribution is 6.18. The van der Waals surface area contributed by atoms with E-state index in [0.29, 0.717) is 48.9 Å². The summed E-state index contributed by atoms with van der Waals surface area (Å²) in [6.07, 6.45) is 0.931. The van der Waals surface area contributed by atoms with Gasteiger partial charge in [-0.2, -0.15) is 0 Å². The number of halogens is 2. The smallest absolute Gasteiger partial charge is 0.258 e. The topological polar surface area (TPSA) is 119 Å². The van der Waals surface area contributed by atoms with Gasteiger partial charge in [-0.25, -0.2) is 4.39 Å². The van der Waals surface area contributed by atoms with Gasteiger partial charge in [-0.05, 0) is 101 Å². The van der Waals surface area contributed by atoms with E-state index < -0.39 is 23.7 Å². The standard InChI is InChI=1S/C39H37ClFN3O6/c1-43(22-24-20-28-23-44(39(49)37(28)33(41)21-24)34-14-15-35(47)42-38(34)48)18-19-50-31-12-6-27(7-13-31)36(26-4-10-30(46)11-5-26)32(16-17-40)25-2-8-29(45)9-3-25/h2-13,20-21,34,45-46H,14-19,22-23H2,1H3,(H,42,47,48). The van der Waals surface area contributed by atoms with Crippen molar-refractivity contribution in [3.63, 3.8) is 0 Å². The van der Waals surface area contributed by atoms with Gasteiger partial charge in [0.15, 0.2) is 0 Å². The first-order chi connectivity index (χ1) is 24.1. The van der Waals surface area contributed by atoms with E-state index in [1.165, 1.54) is 11.0 Å². The van der Waals surface area contributed by atoms with Crippen molar-refractivity contribution in [1.29, 1.82) is 0 Å². The van der Waals surface area contributed by atoms with Gasteiger partial charge in [0.25, 0.3) is 5.91 Å². The number of ether oxygens (including phenoxy) is 1. The van der Waals surface area contributed by atoms with Crippen molar-refractivity contribution in [2.24, 2.45) is 0 Å². The van der Waals surface area contributed by atoms with Crippen LogP contribution in [0.2, 0.25) is 0 Å². The van der Waals surface area contributed by atoms with E-state index in [0.717, 1.165) is 27.8 Å². The number of allylic oxidation sites excluding steroid dienone is 1. The highest BCUT2D eigenvalue weighted by atomic mass is 35.5. The van der Waals surface area contributed by atoms with Gasteiger partial charge in [-0.15, -0.1) is 11.6 Å². The zero-order chi connectivity index (χ0) is 35.4. The predicted molar refractivity (Wildman–Crippen MR) is 188 cm³/mol. The molecule has 3 N–H and O–H groups in total. The van der Waals surface area contributed by atoms with Gasteiger partial charge >= 0.3 is 0 Å². The van der Waals surface area contributed by atoms with Crippen molar-refractivity contribution in [3.8, 4) is 17.2 Å². The second-order valence-electron chi connectivity index (χ2n) is 12.5. The van der Waals surface area contributed by atoms with Gasteiger partial charge < -0.3 is 19.8 Å². The lowest BCUT2D eigenvalue weighted by atomic mass is 9.88. The number of carbonyl (C=O) groups excluding carboxylic acids is 3. The fourth-order valence-corrected chi connectivity index (χ4v) is 6.74. The van der Waals surface area contributed by atoms with E-state index >= 15 is 4.39 Å². The Morgan fingerprint density at radius 3 is 2.18 bits per heavy atom. The molecule has 258 valence electrons. The molecule has 0 aromatic heterocycles. The lowest BCUT2D eigenvalue weighted by Crippen LogP contribution is -2.52. The summed E-state index contributed by atoms with van der Waals surface area (Å²) in [5.41, 5.74) is 5.92. The molecule has 1 atom stereocenters. The minimum Gasteiger partial charge on any atom is -0.508 e. The third-order valence-electron chi connectivity index (χ3n) is 8.99. The molecule has 6 rings (SSSR count). The minimum atomic E-state index is -0.799. The first kappa shape index (κ1) is 34.7. The van der Waals surface area contributed by atoms with Gasteiger partial charge in [-0.1, -0.05) is 42.5 Å². The van der Waals surface area contributed by atoms with Crippen LogP contribution in [0.4, 0.5) is 4.39 Å². The van der Waals surface area contributed by atoms with Crippen LogP contribution in [-0.2, 0) is 22.7 Å². The number of benzene rings is 4. The lowest BCUT2D eigenvalue weighted by molar-refractivity contribution is -0.136. The maximum atomic E-state index is 15.2.